The Morgan fingerprint density at radius 3 is 2.67 bits per heavy atom. The zero-order chi connectivity index (χ0) is 15.4. The lowest BCUT2D eigenvalue weighted by atomic mass is 10.1. The number of oxime groups is 1. The molecule has 3 N–H and O–H groups in total. The molecule has 0 fully saturated rings. The molecule has 5 nitrogen and oxygen atoms in total. The molecule has 110 valence electrons. The van der Waals surface area contributed by atoms with Gasteiger partial charge in [0.2, 0.25) is 0 Å². The molecule has 0 amide bonds. The molecule has 0 unspecified atom stereocenters. The van der Waals surface area contributed by atoms with Crippen LogP contribution in [0.25, 0.3) is 0 Å². The summed E-state index contributed by atoms with van der Waals surface area (Å²) >= 11 is 0. The van der Waals surface area contributed by atoms with Crippen LogP contribution < -0.4 is 15.4 Å². The van der Waals surface area contributed by atoms with E-state index in [4.69, 9.17) is 15.7 Å². The van der Waals surface area contributed by atoms with Crippen molar-refractivity contribution in [2.75, 3.05) is 19.1 Å². The molecule has 2 rings (SSSR count). The fraction of sp³-hybridized carbons (Fsp3) is 0.133. The second-order valence-electron chi connectivity index (χ2n) is 4.41. The number of halogens is 1. The minimum absolute atomic E-state index is 0.0316. The second kappa shape index (κ2) is 6.13. The predicted molar refractivity (Wildman–Crippen MR) is 80.0 cm³/mol. The molecule has 0 saturated carbocycles. The van der Waals surface area contributed by atoms with Gasteiger partial charge >= 0.3 is 0 Å². The Kier molecular flexibility index (Phi) is 4.27. The van der Waals surface area contributed by atoms with E-state index in [1.807, 2.05) is 0 Å². The van der Waals surface area contributed by atoms with Crippen LogP contribution in [0.1, 0.15) is 5.56 Å². The Hall–Kier alpha value is -2.76. The molecule has 0 aliphatic rings. The number of anilines is 2. The minimum Gasteiger partial charge on any atom is -0.497 e. The predicted octanol–water partition coefficient (Wildman–Crippen LogP) is 2.70. The number of amidine groups is 1. The first-order valence-corrected chi connectivity index (χ1v) is 6.22. The van der Waals surface area contributed by atoms with Crippen molar-refractivity contribution < 1.29 is 14.3 Å². The van der Waals surface area contributed by atoms with Gasteiger partial charge < -0.3 is 20.6 Å². The van der Waals surface area contributed by atoms with Crippen LogP contribution in [0.2, 0.25) is 0 Å². The lowest BCUT2D eigenvalue weighted by Crippen LogP contribution is -2.19. The van der Waals surface area contributed by atoms with E-state index in [0.717, 1.165) is 0 Å². The van der Waals surface area contributed by atoms with E-state index in [0.29, 0.717) is 22.7 Å². The summed E-state index contributed by atoms with van der Waals surface area (Å²) in [5, 5.41) is 11.9. The second-order valence-corrected chi connectivity index (χ2v) is 4.41. The van der Waals surface area contributed by atoms with Crippen molar-refractivity contribution in [3.63, 3.8) is 0 Å². The molecule has 0 aliphatic heterocycles. The SMILES string of the molecule is COc1ccc(/C(N)=N/O)c(N(C)c2cccc(F)c2)c1. The maximum absolute atomic E-state index is 13.4. The van der Waals surface area contributed by atoms with Gasteiger partial charge in [-0.3, -0.25) is 0 Å². The molecule has 0 atom stereocenters. The molecule has 2 aromatic carbocycles. The van der Waals surface area contributed by atoms with Crippen molar-refractivity contribution in [2.45, 2.75) is 0 Å². The highest BCUT2D eigenvalue weighted by atomic mass is 19.1. The minimum atomic E-state index is -0.340. The topological polar surface area (TPSA) is 71.1 Å². The van der Waals surface area contributed by atoms with Gasteiger partial charge in [0.05, 0.1) is 12.8 Å². The number of methoxy groups -OCH3 is 1. The zero-order valence-corrected chi connectivity index (χ0v) is 11.7. The van der Waals surface area contributed by atoms with Crippen molar-refractivity contribution in [3.05, 3.63) is 53.8 Å². The van der Waals surface area contributed by atoms with Gasteiger partial charge in [-0.05, 0) is 30.3 Å². The Morgan fingerprint density at radius 1 is 1.29 bits per heavy atom. The molecular weight excluding hydrogens is 273 g/mol. The third-order valence-corrected chi connectivity index (χ3v) is 3.15. The molecule has 0 heterocycles. The van der Waals surface area contributed by atoms with Gasteiger partial charge in [-0.15, -0.1) is 0 Å². The van der Waals surface area contributed by atoms with E-state index in [9.17, 15) is 4.39 Å². The third-order valence-electron chi connectivity index (χ3n) is 3.15. The van der Waals surface area contributed by atoms with Gasteiger partial charge in [0.1, 0.15) is 11.6 Å². The van der Waals surface area contributed by atoms with Gasteiger partial charge in [0, 0.05) is 24.4 Å². The summed E-state index contributed by atoms with van der Waals surface area (Å²) in [6.45, 7) is 0. The molecule has 0 spiro atoms. The fourth-order valence-electron chi connectivity index (χ4n) is 2.01. The highest BCUT2D eigenvalue weighted by molar-refractivity contribution is 6.03. The number of ether oxygens (including phenoxy) is 1. The fourth-order valence-corrected chi connectivity index (χ4v) is 2.01. The molecular formula is C15H16FN3O2. The summed E-state index contributed by atoms with van der Waals surface area (Å²) in [5.41, 5.74) is 7.48. The van der Waals surface area contributed by atoms with Crippen molar-refractivity contribution in [1.29, 1.82) is 0 Å². The lowest BCUT2D eigenvalue weighted by molar-refractivity contribution is 0.318. The number of nitrogens with zero attached hydrogens (tertiary/aromatic N) is 2. The molecule has 21 heavy (non-hydrogen) atoms. The molecule has 0 aromatic heterocycles. The van der Waals surface area contributed by atoms with Crippen LogP contribution in [0.4, 0.5) is 15.8 Å². The highest BCUT2D eigenvalue weighted by Crippen LogP contribution is 2.30. The molecule has 2 aromatic rings. The van der Waals surface area contributed by atoms with Gasteiger partial charge in [-0.25, -0.2) is 4.39 Å². The van der Waals surface area contributed by atoms with Crippen LogP contribution >= 0.6 is 0 Å². The quantitative estimate of drug-likeness (QED) is 0.393. The number of hydrogen-bond donors (Lipinski definition) is 2. The summed E-state index contributed by atoms with van der Waals surface area (Å²) < 4.78 is 18.6. The monoisotopic (exact) mass is 289 g/mol. The number of benzene rings is 2. The zero-order valence-electron chi connectivity index (χ0n) is 11.7. The average Bonchev–Trinajstić information content (AvgIpc) is 2.52. The van der Waals surface area contributed by atoms with Crippen molar-refractivity contribution in [1.82, 2.24) is 0 Å². The van der Waals surface area contributed by atoms with E-state index in [1.54, 1.807) is 49.4 Å². The standard InChI is InChI=1S/C15H16FN3O2/c1-19(11-5-3-4-10(16)8-11)14-9-12(21-2)6-7-13(14)15(17)18-20/h3-9,20H,1-2H3,(H2,17,18). The average molecular weight is 289 g/mol. The Morgan fingerprint density at radius 2 is 2.05 bits per heavy atom. The largest absolute Gasteiger partial charge is 0.497 e. The van der Waals surface area contributed by atoms with E-state index in [2.05, 4.69) is 5.16 Å². The van der Waals surface area contributed by atoms with Crippen LogP contribution in [0.3, 0.4) is 0 Å². The summed E-state index contributed by atoms with van der Waals surface area (Å²) in [6.07, 6.45) is 0. The first-order valence-electron chi connectivity index (χ1n) is 6.22. The number of nitrogens with two attached hydrogens (primary N) is 1. The van der Waals surface area contributed by atoms with Crippen molar-refractivity contribution in [2.24, 2.45) is 10.9 Å². The van der Waals surface area contributed by atoms with Crippen molar-refractivity contribution >= 4 is 17.2 Å². The summed E-state index contributed by atoms with van der Waals surface area (Å²) in [4.78, 5) is 1.74. The van der Waals surface area contributed by atoms with Gasteiger partial charge in [-0.1, -0.05) is 11.2 Å². The summed E-state index contributed by atoms with van der Waals surface area (Å²) in [5.74, 6) is 0.242. The third kappa shape index (κ3) is 3.05. The van der Waals surface area contributed by atoms with E-state index < -0.39 is 0 Å². The molecule has 0 saturated heterocycles. The highest BCUT2D eigenvalue weighted by Gasteiger charge is 2.14. The number of hydrogen-bond acceptors (Lipinski definition) is 4. The van der Waals surface area contributed by atoms with Crippen LogP contribution in [0.5, 0.6) is 5.75 Å². The van der Waals surface area contributed by atoms with E-state index in [-0.39, 0.29) is 11.7 Å². The molecule has 6 heteroatoms. The van der Waals surface area contributed by atoms with E-state index in [1.165, 1.54) is 12.1 Å². The first kappa shape index (κ1) is 14.6. The lowest BCUT2D eigenvalue weighted by Gasteiger charge is -2.23. The smallest absolute Gasteiger partial charge is 0.172 e. The van der Waals surface area contributed by atoms with Crippen molar-refractivity contribution in [3.8, 4) is 5.75 Å². The van der Waals surface area contributed by atoms with Gasteiger partial charge in [0.25, 0.3) is 0 Å². The normalized spacial score (nSPS) is 11.3. The maximum Gasteiger partial charge on any atom is 0.172 e. The number of rotatable bonds is 4. The van der Waals surface area contributed by atoms with Gasteiger partial charge in [-0.2, -0.15) is 0 Å². The maximum atomic E-state index is 13.4. The molecule has 0 radical (unpaired) electrons. The first-order chi connectivity index (χ1) is 10.1. The molecule has 0 aliphatic carbocycles. The summed E-state index contributed by atoms with van der Waals surface area (Å²) in [7, 11) is 3.31. The Labute approximate surface area is 122 Å². The summed E-state index contributed by atoms with van der Waals surface area (Å²) in [6, 6.07) is 11.3. The van der Waals surface area contributed by atoms with E-state index >= 15 is 0 Å². The van der Waals surface area contributed by atoms with Crippen LogP contribution in [-0.4, -0.2) is 25.2 Å². The van der Waals surface area contributed by atoms with Crippen LogP contribution in [0, 0.1) is 5.82 Å². The Balaban J connectivity index is 2.54. The van der Waals surface area contributed by atoms with Gasteiger partial charge in [0.15, 0.2) is 5.84 Å². The Bertz CT molecular complexity index is 674. The molecule has 0 bridgehead atoms. The van der Waals surface area contributed by atoms with Crippen LogP contribution in [0.15, 0.2) is 47.6 Å². The van der Waals surface area contributed by atoms with Crippen LogP contribution in [-0.2, 0) is 0 Å².